The number of furan rings is 1. The highest BCUT2D eigenvalue weighted by Gasteiger charge is 2.40. The van der Waals surface area contributed by atoms with E-state index >= 15 is 0 Å². The summed E-state index contributed by atoms with van der Waals surface area (Å²) < 4.78 is 7.10. The number of thioether (sulfide) groups is 1. The number of nitrogens with one attached hydrogen (secondary N) is 1. The zero-order valence-corrected chi connectivity index (χ0v) is 23.1. The molecule has 192 valence electrons. The van der Waals surface area contributed by atoms with E-state index in [-0.39, 0.29) is 41.3 Å². The largest absolute Gasteiger partial charge is 0.467 e. The molecule has 2 amide bonds. The third kappa shape index (κ3) is 5.35. The quantitative estimate of drug-likeness (QED) is 0.318. The fourth-order valence-corrected chi connectivity index (χ4v) is 6.68. The van der Waals surface area contributed by atoms with Crippen molar-refractivity contribution < 1.29 is 14.0 Å². The van der Waals surface area contributed by atoms with Crippen LogP contribution in [0.25, 0.3) is 5.69 Å². The van der Waals surface area contributed by atoms with Crippen LogP contribution < -0.4 is 10.2 Å². The lowest BCUT2D eigenvalue weighted by Gasteiger charge is -2.24. The van der Waals surface area contributed by atoms with E-state index in [9.17, 15) is 9.59 Å². The minimum absolute atomic E-state index is 0.0997. The summed E-state index contributed by atoms with van der Waals surface area (Å²) in [4.78, 5) is 29.4. The van der Waals surface area contributed by atoms with E-state index in [1.807, 2.05) is 29.6 Å². The molecule has 0 aliphatic carbocycles. The summed E-state index contributed by atoms with van der Waals surface area (Å²) in [5.74, 6) is 1.05. The number of halogens is 1. The summed E-state index contributed by atoms with van der Waals surface area (Å²) in [5, 5.41) is 10.4. The Hall–Kier alpha value is -3.01. The molecule has 5 rings (SSSR count). The Balaban J connectivity index is 1.65. The van der Waals surface area contributed by atoms with Gasteiger partial charge in [-0.2, -0.15) is 5.10 Å². The van der Waals surface area contributed by atoms with Crippen molar-refractivity contribution in [1.82, 2.24) is 15.1 Å². The number of carbonyl (C=O) groups is 2. The highest BCUT2D eigenvalue weighted by molar-refractivity contribution is 8.00. The second-order valence-electron chi connectivity index (χ2n) is 9.77. The van der Waals surface area contributed by atoms with Gasteiger partial charge in [-0.3, -0.25) is 14.5 Å². The number of hydrogen-bond donors (Lipinski definition) is 1. The molecule has 0 bridgehead atoms. The van der Waals surface area contributed by atoms with E-state index in [4.69, 9.17) is 21.1 Å². The molecular weight excluding hydrogens is 528 g/mol. The zero-order valence-electron chi connectivity index (χ0n) is 20.7. The van der Waals surface area contributed by atoms with Gasteiger partial charge >= 0.3 is 0 Å². The van der Waals surface area contributed by atoms with Crippen molar-refractivity contribution in [2.75, 3.05) is 17.2 Å². The third-order valence-electron chi connectivity index (χ3n) is 6.00. The first-order valence-electron chi connectivity index (χ1n) is 11.9. The van der Waals surface area contributed by atoms with Gasteiger partial charge in [-0.05, 0) is 41.8 Å². The monoisotopic (exact) mass is 554 g/mol. The molecule has 4 heterocycles. The number of hydrogen-bond acceptors (Lipinski definition) is 6. The molecule has 0 fully saturated rings. The van der Waals surface area contributed by atoms with E-state index in [1.165, 1.54) is 0 Å². The first-order chi connectivity index (χ1) is 17.7. The van der Waals surface area contributed by atoms with Crippen molar-refractivity contribution in [2.45, 2.75) is 38.0 Å². The van der Waals surface area contributed by atoms with E-state index < -0.39 is 0 Å². The van der Waals surface area contributed by atoms with Crippen molar-refractivity contribution in [3.8, 4) is 5.69 Å². The molecule has 0 saturated carbocycles. The Morgan fingerprint density at radius 1 is 1.22 bits per heavy atom. The average molecular weight is 555 g/mol. The Morgan fingerprint density at radius 2 is 2.05 bits per heavy atom. The number of fused-ring (bicyclic) bond motifs is 1. The average Bonchev–Trinajstić information content (AvgIpc) is 3.61. The molecule has 3 aromatic heterocycles. The molecule has 1 atom stereocenters. The molecular formula is C27H27ClN4O3S2. The highest BCUT2D eigenvalue weighted by atomic mass is 35.5. The van der Waals surface area contributed by atoms with Gasteiger partial charge in [-0.1, -0.05) is 44.5 Å². The van der Waals surface area contributed by atoms with Gasteiger partial charge in [0, 0.05) is 20.9 Å². The Bertz CT molecular complexity index is 1410. The van der Waals surface area contributed by atoms with Gasteiger partial charge in [0.2, 0.25) is 11.8 Å². The molecule has 1 aromatic carbocycles. The number of amides is 2. The van der Waals surface area contributed by atoms with Crippen LogP contribution in [0.2, 0.25) is 5.02 Å². The number of aromatic nitrogens is 2. The zero-order chi connectivity index (χ0) is 26.2. The molecule has 1 N–H and O–H groups in total. The standard InChI is InChI=1S/C27H27ClN4O3S2/c1-27(2,3)25-23-24(20-10-6-12-36-20)37-16-22(34)31(15-21(33)29-14-19-9-5-11-35-19)26(23)32(30-25)18-8-4-7-17(28)13-18/h4-13,24H,14-16H2,1-3H3,(H,29,33). The predicted molar refractivity (Wildman–Crippen MR) is 149 cm³/mol. The minimum atomic E-state index is -0.315. The summed E-state index contributed by atoms with van der Waals surface area (Å²) in [6, 6.07) is 15.0. The Kier molecular flexibility index (Phi) is 7.20. The molecule has 1 aliphatic rings. The topological polar surface area (TPSA) is 80.4 Å². The first-order valence-corrected chi connectivity index (χ1v) is 14.2. The normalized spacial score (nSPS) is 15.9. The maximum absolute atomic E-state index is 13.6. The van der Waals surface area contributed by atoms with Crippen LogP contribution in [0.1, 0.15) is 47.9 Å². The SMILES string of the molecule is CC(C)(C)c1nn(-c2cccc(Cl)c2)c2c1C(c1cccs1)SCC(=O)N2CC(=O)NCc1ccco1. The van der Waals surface area contributed by atoms with Gasteiger partial charge in [0.15, 0.2) is 0 Å². The third-order valence-corrected chi connectivity index (χ3v) is 8.55. The van der Waals surface area contributed by atoms with Gasteiger partial charge in [0.25, 0.3) is 0 Å². The molecule has 0 spiro atoms. The molecule has 1 unspecified atom stereocenters. The summed E-state index contributed by atoms with van der Waals surface area (Å²) in [5.41, 5.74) is 2.24. The van der Waals surface area contributed by atoms with Crippen molar-refractivity contribution in [3.63, 3.8) is 0 Å². The number of nitrogens with zero attached hydrogens (tertiary/aromatic N) is 3. The van der Waals surface area contributed by atoms with Gasteiger partial charge in [0.1, 0.15) is 18.1 Å². The number of rotatable bonds is 6. The molecule has 4 aromatic rings. The second-order valence-corrected chi connectivity index (χ2v) is 12.3. The summed E-state index contributed by atoms with van der Waals surface area (Å²) in [7, 11) is 0. The van der Waals surface area contributed by atoms with Crippen LogP contribution in [-0.2, 0) is 21.5 Å². The maximum atomic E-state index is 13.6. The van der Waals surface area contributed by atoms with Crippen LogP contribution in [0.4, 0.5) is 5.82 Å². The lowest BCUT2D eigenvalue weighted by molar-refractivity contribution is -0.123. The Labute approximate surface area is 228 Å². The summed E-state index contributed by atoms with van der Waals surface area (Å²) in [6.07, 6.45) is 1.56. The highest BCUT2D eigenvalue weighted by Crippen LogP contribution is 2.49. The van der Waals surface area contributed by atoms with Crippen LogP contribution in [0.15, 0.2) is 64.6 Å². The van der Waals surface area contributed by atoms with Crippen molar-refractivity contribution in [2.24, 2.45) is 0 Å². The second kappa shape index (κ2) is 10.4. The fourth-order valence-electron chi connectivity index (χ4n) is 4.32. The first kappa shape index (κ1) is 25.6. The van der Waals surface area contributed by atoms with Crippen LogP contribution in [0.5, 0.6) is 0 Å². The number of benzene rings is 1. The molecule has 0 radical (unpaired) electrons. The smallest absolute Gasteiger partial charge is 0.240 e. The molecule has 37 heavy (non-hydrogen) atoms. The minimum Gasteiger partial charge on any atom is -0.467 e. The number of carbonyl (C=O) groups excluding carboxylic acids is 2. The molecule has 7 nitrogen and oxygen atoms in total. The van der Waals surface area contributed by atoms with Crippen molar-refractivity contribution in [1.29, 1.82) is 0 Å². The summed E-state index contributed by atoms with van der Waals surface area (Å²) in [6.45, 7) is 6.44. The molecule has 1 aliphatic heterocycles. The predicted octanol–water partition coefficient (Wildman–Crippen LogP) is 5.96. The number of thiophene rings is 1. The van der Waals surface area contributed by atoms with Crippen LogP contribution in [-0.4, -0.2) is 33.9 Å². The molecule has 10 heteroatoms. The van der Waals surface area contributed by atoms with Gasteiger partial charge in [-0.15, -0.1) is 23.1 Å². The van der Waals surface area contributed by atoms with Gasteiger partial charge in [-0.25, -0.2) is 4.68 Å². The van der Waals surface area contributed by atoms with Gasteiger partial charge in [0.05, 0.1) is 35.2 Å². The maximum Gasteiger partial charge on any atom is 0.240 e. The fraction of sp³-hybridized carbons (Fsp3) is 0.296. The van der Waals surface area contributed by atoms with Crippen LogP contribution >= 0.6 is 34.7 Å². The lowest BCUT2D eigenvalue weighted by atomic mass is 9.88. The van der Waals surface area contributed by atoms with E-state index in [2.05, 4.69) is 32.2 Å². The lowest BCUT2D eigenvalue weighted by Crippen LogP contribution is -2.42. The van der Waals surface area contributed by atoms with Crippen molar-refractivity contribution >= 4 is 52.3 Å². The Morgan fingerprint density at radius 3 is 2.73 bits per heavy atom. The number of anilines is 1. The van der Waals surface area contributed by atoms with E-state index in [0.717, 1.165) is 21.8 Å². The van der Waals surface area contributed by atoms with E-state index in [1.54, 1.807) is 57.1 Å². The van der Waals surface area contributed by atoms with Crippen LogP contribution in [0.3, 0.4) is 0 Å². The summed E-state index contributed by atoms with van der Waals surface area (Å²) >= 11 is 9.58. The van der Waals surface area contributed by atoms with Crippen LogP contribution in [0, 0.1) is 0 Å². The van der Waals surface area contributed by atoms with Gasteiger partial charge < -0.3 is 9.73 Å². The van der Waals surface area contributed by atoms with Crippen molar-refractivity contribution in [3.05, 3.63) is 87.1 Å². The molecule has 0 saturated heterocycles. The van der Waals surface area contributed by atoms with E-state index in [0.29, 0.717) is 16.6 Å².